The molecule has 0 saturated carbocycles. The summed E-state index contributed by atoms with van der Waals surface area (Å²) >= 11 is 6.99. The molecule has 3 rings (SSSR count). The first kappa shape index (κ1) is 34.0. The lowest BCUT2D eigenvalue weighted by Gasteiger charge is -2.41. The Balaban J connectivity index is 2.03. The van der Waals surface area contributed by atoms with Crippen LogP contribution in [0.15, 0.2) is 18.2 Å². The summed E-state index contributed by atoms with van der Waals surface area (Å²) in [7, 11) is -1.57. The molecule has 1 aliphatic rings. The second-order valence-corrected chi connectivity index (χ2v) is 14.8. The van der Waals surface area contributed by atoms with Crippen LogP contribution in [-0.4, -0.2) is 97.9 Å². The van der Waals surface area contributed by atoms with Crippen LogP contribution in [0.5, 0.6) is 5.75 Å². The molecule has 2 aromatic rings. The number of fused-ring (bicyclic) bond motifs is 1. The number of aryl methyl sites for hydroxylation is 1. The topological polar surface area (TPSA) is 107 Å². The van der Waals surface area contributed by atoms with E-state index in [0.29, 0.717) is 53.6 Å². The summed E-state index contributed by atoms with van der Waals surface area (Å²) < 4.78 is 42.1. The van der Waals surface area contributed by atoms with E-state index in [1.54, 1.807) is 24.1 Å². The third-order valence-corrected chi connectivity index (χ3v) is 8.40. The Morgan fingerprint density at radius 2 is 1.88 bits per heavy atom. The molecule has 10 nitrogen and oxygen atoms in total. The zero-order chi connectivity index (χ0) is 31.2. The number of benzene rings is 1. The number of methoxy groups -OCH3 is 1. The van der Waals surface area contributed by atoms with Gasteiger partial charge in [0.05, 0.1) is 22.3 Å². The Morgan fingerprint density at radius 3 is 2.50 bits per heavy atom. The van der Waals surface area contributed by atoms with Gasteiger partial charge in [0.15, 0.2) is 9.84 Å². The minimum atomic E-state index is -3.22. The average molecular weight is 628 g/mol. The number of halogens is 1. The Bertz CT molecular complexity index is 1350. The minimum Gasteiger partial charge on any atom is -0.490 e. The molecule has 236 valence electrons. The molecule has 0 unspecified atom stereocenters. The maximum Gasteiger partial charge on any atom is 0.410 e. The summed E-state index contributed by atoms with van der Waals surface area (Å²) in [6.07, 6.45) is 3.77. The van der Waals surface area contributed by atoms with Crippen LogP contribution in [0.1, 0.15) is 70.8 Å². The van der Waals surface area contributed by atoms with Crippen LogP contribution in [0.2, 0.25) is 5.02 Å². The van der Waals surface area contributed by atoms with Crippen molar-refractivity contribution in [2.24, 2.45) is 0 Å². The van der Waals surface area contributed by atoms with E-state index in [1.807, 2.05) is 50.2 Å². The summed E-state index contributed by atoms with van der Waals surface area (Å²) in [6.45, 7) is 11.4. The molecule has 0 bridgehead atoms. The van der Waals surface area contributed by atoms with Gasteiger partial charge < -0.3 is 28.6 Å². The molecule has 2 heterocycles. The minimum absolute atomic E-state index is 0.0195. The van der Waals surface area contributed by atoms with Crippen LogP contribution in [0, 0.1) is 0 Å². The van der Waals surface area contributed by atoms with Gasteiger partial charge in [-0.05, 0) is 66.4 Å². The van der Waals surface area contributed by atoms with E-state index in [0.717, 1.165) is 25.7 Å². The van der Waals surface area contributed by atoms with E-state index in [-0.39, 0.29) is 36.4 Å². The van der Waals surface area contributed by atoms with E-state index in [1.165, 1.54) is 6.26 Å². The number of likely N-dealkylation sites (tertiary alicyclic amines) is 1. The Kier molecular flexibility index (Phi) is 11.6. The quantitative estimate of drug-likeness (QED) is 0.290. The first-order chi connectivity index (χ1) is 19.6. The molecular weight excluding hydrogens is 582 g/mol. The molecule has 2 amide bonds. The number of rotatable bonds is 12. The number of carbonyl (C=O) groups excluding carboxylic acids is 2. The Morgan fingerprint density at radius 1 is 1.17 bits per heavy atom. The maximum atomic E-state index is 14.5. The Labute approximate surface area is 255 Å². The van der Waals surface area contributed by atoms with E-state index in [4.69, 9.17) is 25.8 Å². The van der Waals surface area contributed by atoms with Crippen LogP contribution in [0.25, 0.3) is 10.9 Å². The number of carbonyl (C=O) groups is 2. The molecule has 0 spiro atoms. The summed E-state index contributed by atoms with van der Waals surface area (Å²) in [6, 6.07) is 5.01. The molecule has 1 saturated heterocycles. The van der Waals surface area contributed by atoms with Crippen molar-refractivity contribution in [3.63, 3.8) is 0 Å². The van der Waals surface area contributed by atoms with Crippen molar-refractivity contribution >= 4 is 44.3 Å². The van der Waals surface area contributed by atoms with Gasteiger partial charge in [-0.3, -0.25) is 4.79 Å². The number of para-hydroxylation sites is 1. The molecule has 0 aliphatic carbocycles. The number of hydrogen-bond acceptors (Lipinski definition) is 7. The van der Waals surface area contributed by atoms with Crippen LogP contribution >= 0.6 is 11.6 Å². The largest absolute Gasteiger partial charge is 0.490 e. The second kappa shape index (κ2) is 14.3. The zero-order valence-corrected chi connectivity index (χ0v) is 27.5. The normalized spacial score (nSPS) is 16.2. The van der Waals surface area contributed by atoms with Crippen molar-refractivity contribution in [2.45, 2.75) is 84.5 Å². The van der Waals surface area contributed by atoms with Crippen LogP contribution < -0.4 is 4.74 Å². The van der Waals surface area contributed by atoms with Gasteiger partial charge >= 0.3 is 6.09 Å². The molecule has 0 radical (unpaired) electrons. The lowest BCUT2D eigenvalue weighted by Crippen LogP contribution is -2.54. The summed E-state index contributed by atoms with van der Waals surface area (Å²) in [5.41, 5.74) is 0.390. The van der Waals surface area contributed by atoms with E-state index in [2.05, 4.69) is 0 Å². The van der Waals surface area contributed by atoms with Crippen molar-refractivity contribution in [3.05, 3.63) is 28.9 Å². The molecule has 1 fully saturated rings. The number of hydrogen-bond donors (Lipinski definition) is 0. The predicted molar refractivity (Wildman–Crippen MR) is 165 cm³/mol. The van der Waals surface area contributed by atoms with Gasteiger partial charge in [0.1, 0.15) is 23.7 Å². The first-order valence-electron chi connectivity index (χ1n) is 14.6. The fraction of sp³-hybridized carbons (Fsp3) is 0.667. The van der Waals surface area contributed by atoms with Crippen LogP contribution in [-0.2, 0) is 25.9 Å². The lowest BCUT2D eigenvalue weighted by molar-refractivity contribution is 0.00733. The highest BCUT2D eigenvalue weighted by Gasteiger charge is 2.37. The van der Waals surface area contributed by atoms with Gasteiger partial charge in [-0.1, -0.05) is 23.7 Å². The number of piperidine rings is 1. The number of ether oxygens (including phenoxy) is 3. The summed E-state index contributed by atoms with van der Waals surface area (Å²) in [5, 5.41) is 0.979. The van der Waals surface area contributed by atoms with E-state index in [9.17, 15) is 18.0 Å². The zero-order valence-electron chi connectivity index (χ0n) is 25.9. The van der Waals surface area contributed by atoms with Crippen LogP contribution in [0.4, 0.5) is 4.79 Å². The molecule has 1 aromatic heterocycles. The van der Waals surface area contributed by atoms with Gasteiger partial charge in [-0.25, -0.2) is 13.2 Å². The standard InChI is InChI=1S/C30H46ClN3O7S/c1-21(2)34(22-12-11-15-32(20-22)29(36)41-30(3,4)5)28(35)27-25(31)23-13-10-14-24(40-18-19-42(7,37)38)26(23)33(27)16-8-9-17-39-6/h10,13-14,21-22H,8-9,11-12,15-20H2,1-7H3/t22-/m1/s1. The van der Waals surface area contributed by atoms with Gasteiger partial charge in [0, 0.05) is 51.0 Å². The molecule has 0 N–H and O–H groups in total. The molecule has 1 aliphatic heterocycles. The van der Waals surface area contributed by atoms with Crippen molar-refractivity contribution in [1.82, 2.24) is 14.4 Å². The van der Waals surface area contributed by atoms with E-state index >= 15 is 0 Å². The summed E-state index contributed by atoms with van der Waals surface area (Å²) in [4.78, 5) is 30.9. The monoisotopic (exact) mass is 627 g/mol. The fourth-order valence-corrected chi connectivity index (χ4v) is 6.04. The number of amides is 2. The number of sulfone groups is 1. The maximum absolute atomic E-state index is 14.5. The number of unbranched alkanes of at least 4 members (excludes halogenated alkanes) is 1. The Hall–Kier alpha value is -2.50. The van der Waals surface area contributed by atoms with Crippen molar-refractivity contribution in [2.75, 3.05) is 45.4 Å². The highest BCUT2D eigenvalue weighted by Crippen LogP contribution is 2.38. The smallest absolute Gasteiger partial charge is 0.410 e. The number of aromatic nitrogens is 1. The fourth-order valence-electron chi connectivity index (χ4n) is 5.32. The average Bonchev–Trinajstić information content (AvgIpc) is 3.17. The summed E-state index contributed by atoms with van der Waals surface area (Å²) in [5.74, 6) is 0.110. The SMILES string of the molecule is COCCCCn1c(C(=O)N(C(C)C)[C@@H]2CCCN(C(=O)OC(C)(C)C)C2)c(Cl)c2cccc(OCCS(C)(=O)=O)c21. The third kappa shape index (κ3) is 8.76. The molecule has 1 aromatic carbocycles. The highest BCUT2D eigenvalue weighted by atomic mass is 35.5. The van der Waals surface area contributed by atoms with Gasteiger partial charge in [0.2, 0.25) is 0 Å². The molecular formula is C30H46ClN3O7S. The van der Waals surface area contributed by atoms with Crippen molar-refractivity contribution in [1.29, 1.82) is 0 Å². The van der Waals surface area contributed by atoms with Gasteiger partial charge in [-0.15, -0.1) is 0 Å². The van der Waals surface area contributed by atoms with Crippen LogP contribution in [0.3, 0.4) is 0 Å². The predicted octanol–water partition coefficient (Wildman–Crippen LogP) is 5.39. The number of nitrogens with zero attached hydrogens (tertiary/aromatic N) is 3. The first-order valence-corrected chi connectivity index (χ1v) is 17.0. The molecule has 12 heteroatoms. The second-order valence-electron chi connectivity index (χ2n) is 12.2. The molecule has 42 heavy (non-hydrogen) atoms. The van der Waals surface area contributed by atoms with Gasteiger partial charge in [0.25, 0.3) is 5.91 Å². The van der Waals surface area contributed by atoms with Crippen molar-refractivity contribution < 1.29 is 32.2 Å². The van der Waals surface area contributed by atoms with Crippen molar-refractivity contribution in [3.8, 4) is 5.75 Å². The lowest BCUT2D eigenvalue weighted by atomic mass is 10.0. The third-order valence-electron chi connectivity index (χ3n) is 7.11. The van der Waals surface area contributed by atoms with E-state index < -0.39 is 15.4 Å². The molecule has 1 atom stereocenters. The highest BCUT2D eigenvalue weighted by molar-refractivity contribution is 7.90. The van der Waals surface area contributed by atoms with Gasteiger partial charge in [-0.2, -0.15) is 0 Å².